The van der Waals surface area contributed by atoms with Gasteiger partial charge in [0.2, 0.25) is 17.4 Å². The molecule has 6 N–H and O–H groups in total. The van der Waals surface area contributed by atoms with Crippen molar-refractivity contribution in [3.05, 3.63) is 50.9 Å². The lowest BCUT2D eigenvalue weighted by molar-refractivity contribution is -0.150. The number of carbonyl (C=O) groups is 5. The number of oxime groups is 1. The van der Waals surface area contributed by atoms with E-state index in [2.05, 4.69) is 19.8 Å². The molecule has 22 heteroatoms. The molecule has 0 aromatic carbocycles. The molecule has 0 aliphatic carbocycles. The van der Waals surface area contributed by atoms with Crippen LogP contribution < -0.4 is 16.9 Å². The molecule has 3 saturated heterocycles. The Labute approximate surface area is 283 Å². The summed E-state index contributed by atoms with van der Waals surface area (Å²) >= 11 is 1.94. The van der Waals surface area contributed by atoms with Crippen LogP contribution in [0.4, 0.5) is 9.93 Å². The van der Waals surface area contributed by atoms with Gasteiger partial charge in [0.15, 0.2) is 23.3 Å². The molecule has 0 spiro atoms. The highest BCUT2D eigenvalue weighted by Gasteiger charge is 2.54. The summed E-state index contributed by atoms with van der Waals surface area (Å²) in [7, 11) is 0. The number of rotatable bonds is 9. The van der Waals surface area contributed by atoms with Crippen molar-refractivity contribution in [1.82, 2.24) is 29.4 Å². The fraction of sp³-hybridized carbons (Fsp3) is 0.444. The normalized spacial score (nSPS) is 24.8. The smallest absolute Gasteiger partial charge is 0.477 e. The molecular formula is C27H28N8O12S2. The van der Waals surface area contributed by atoms with E-state index in [0.29, 0.717) is 5.57 Å². The lowest BCUT2D eigenvalue weighted by Gasteiger charge is -2.49. The minimum atomic E-state index is -1.40. The van der Waals surface area contributed by atoms with E-state index in [1.807, 2.05) is 0 Å². The summed E-state index contributed by atoms with van der Waals surface area (Å²) in [5, 5.41) is 33.9. The number of aliphatic hydroxyl groups excluding tert-OH is 1. The molecule has 20 nitrogen and oxygen atoms in total. The van der Waals surface area contributed by atoms with Gasteiger partial charge in [0.1, 0.15) is 17.1 Å². The first-order chi connectivity index (χ1) is 23.4. The van der Waals surface area contributed by atoms with Gasteiger partial charge in [-0.1, -0.05) is 5.16 Å². The Bertz CT molecular complexity index is 1880. The van der Waals surface area contributed by atoms with Gasteiger partial charge >= 0.3 is 17.9 Å². The van der Waals surface area contributed by atoms with E-state index in [0.717, 1.165) is 16.4 Å². The molecule has 0 radical (unpaired) electrons. The molecule has 4 amide bonds. The first kappa shape index (κ1) is 33.7. The SMILES string of the molecule is Cc1oc(=O)oc1COC(=O)N1C[C@H](N2CC/C(=C\C3=C(C(=O)O)N4C(=O)[C@@H](NC(=O)/C(=N\O)c5nsc(N)n5)[C@H]4SC3)C2=O)C[C@H]1CO. The number of carboxylic acid groups (broad SMARTS) is 1. The largest absolute Gasteiger partial charge is 0.519 e. The number of hydrogen-bond donors (Lipinski definition) is 5. The number of likely N-dealkylation sites (tertiary alicyclic amines) is 2. The van der Waals surface area contributed by atoms with Gasteiger partial charge in [-0.05, 0) is 31.4 Å². The number of nitrogens with one attached hydrogen (secondary N) is 1. The first-order valence-electron chi connectivity index (χ1n) is 14.6. The number of nitrogens with two attached hydrogens (primary N) is 1. The van der Waals surface area contributed by atoms with E-state index in [-0.39, 0.29) is 84.6 Å². The third kappa shape index (κ3) is 6.24. The van der Waals surface area contributed by atoms with Crippen molar-refractivity contribution in [2.45, 2.75) is 49.9 Å². The Balaban J connectivity index is 1.12. The van der Waals surface area contributed by atoms with Gasteiger partial charge < -0.3 is 49.8 Å². The fourth-order valence-electron chi connectivity index (χ4n) is 6.04. The number of amides is 4. The first-order valence-corrected chi connectivity index (χ1v) is 16.4. The molecule has 49 heavy (non-hydrogen) atoms. The van der Waals surface area contributed by atoms with Crippen LogP contribution in [0.3, 0.4) is 0 Å². The molecule has 0 bridgehead atoms. The molecule has 2 aromatic rings. The average Bonchev–Trinajstić information content (AvgIpc) is 3.85. The highest BCUT2D eigenvalue weighted by atomic mass is 32.2. The zero-order valence-corrected chi connectivity index (χ0v) is 27.1. The van der Waals surface area contributed by atoms with Crippen molar-refractivity contribution in [1.29, 1.82) is 0 Å². The van der Waals surface area contributed by atoms with E-state index in [1.54, 1.807) is 4.90 Å². The van der Waals surface area contributed by atoms with Crippen LogP contribution in [-0.2, 0) is 30.5 Å². The summed E-state index contributed by atoms with van der Waals surface area (Å²) in [4.78, 5) is 83.6. The molecule has 6 heterocycles. The minimum absolute atomic E-state index is 0.0226. The summed E-state index contributed by atoms with van der Waals surface area (Å²) in [6.45, 7) is 1.05. The summed E-state index contributed by atoms with van der Waals surface area (Å²) in [5.74, 6) is -4.36. The number of carboxylic acids is 1. The Hall–Kier alpha value is -5.22. The van der Waals surface area contributed by atoms with Crippen molar-refractivity contribution in [2.24, 2.45) is 5.16 Å². The molecule has 3 fully saturated rings. The molecule has 2 aromatic heterocycles. The predicted molar refractivity (Wildman–Crippen MR) is 165 cm³/mol. The van der Waals surface area contributed by atoms with Crippen molar-refractivity contribution >= 4 is 63.9 Å². The van der Waals surface area contributed by atoms with Crippen LogP contribution in [0.15, 0.2) is 41.7 Å². The quantitative estimate of drug-likeness (QED) is 0.0670. The van der Waals surface area contributed by atoms with Gasteiger partial charge in [-0.3, -0.25) is 19.3 Å². The number of thioether (sulfide) groups is 1. The Morgan fingerprint density at radius 3 is 2.65 bits per heavy atom. The maximum atomic E-state index is 13.5. The average molecular weight is 721 g/mol. The molecular weight excluding hydrogens is 692 g/mol. The molecule has 260 valence electrons. The van der Waals surface area contributed by atoms with Crippen LogP contribution in [0.5, 0.6) is 0 Å². The number of ether oxygens (including phenoxy) is 1. The monoisotopic (exact) mass is 720 g/mol. The second kappa shape index (κ2) is 13.4. The number of carbonyl (C=O) groups excluding carboxylic acids is 4. The number of nitrogens with zero attached hydrogens (tertiary/aromatic N) is 6. The topological polar surface area (TPSA) is 285 Å². The molecule has 6 rings (SSSR count). The lowest BCUT2D eigenvalue weighted by atomic mass is 10.0. The van der Waals surface area contributed by atoms with Gasteiger partial charge in [-0.2, -0.15) is 9.36 Å². The summed E-state index contributed by atoms with van der Waals surface area (Å²) < 4.78 is 18.7. The standard InChI is InChI=1S/C27H28N8O12S2/c1-10-15(47-27(43)46-10)8-45-26(42)34-6-13(5-14(34)7-36)33-3-2-11(21(33)38)4-12-9-48-23-17(22(39)35(23)18(12)24(40)41)29-20(37)16(31-44)19-30-25(28)49-32-19/h4,13-14,17,23,36,44H,2-3,5-9H2,1H3,(H,29,37)(H,40,41)(H2,28,30,32)/b11-4+,31-16-/t13-,14+,17-,23-/m1/s1. The van der Waals surface area contributed by atoms with Gasteiger partial charge in [0.25, 0.3) is 11.8 Å². The number of allylic oxidation sites excluding steroid dienone is 1. The van der Waals surface area contributed by atoms with Crippen LogP contribution in [0, 0.1) is 6.92 Å². The number of aliphatic carboxylic acids is 1. The lowest BCUT2D eigenvalue weighted by Crippen LogP contribution is -2.71. The number of anilines is 1. The van der Waals surface area contributed by atoms with Crippen LogP contribution in [-0.4, -0.2) is 124 Å². The van der Waals surface area contributed by atoms with Crippen LogP contribution in [0.1, 0.15) is 30.2 Å². The second-order valence-electron chi connectivity index (χ2n) is 11.2. The van der Waals surface area contributed by atoms with Gasteiger partial charge in [0.05, 0.1) is 18.7 Å². The Kier molecular flexibility index (Phi) is 9.18. The fourth-order valence-corrected chi connectivity index (χ4v) is 7.78. The van der Waals surface area contributed by atoms with E-state index < -0.39 is 58.9 Å². The third-order valence-corrected chi connectivity index (χ3v) is 10.2. The van der Waals surface area contributed by atoms with Gasteiger partial charge in [-0.25, -0.2) is 14.4 Å². The molecule has 4 aliphatic rings. The Morgan fingerprint density at radius 2 is 2.02 bits per heavy atom. The maximum Gasteiger partial charge on any atom is 0.519 e. The summed E-state index contributed by atoms with van der Waals surface area (Å²) in [6, 6.07) is -2.26. The van der Waals surface area contributed by atoms with Crippen molar-refractivity contribution < 1.29 is 53.0 Å². The second-order valence-corrected chi connectivity index (χ2v) is 13.1. The highest BCUT2D eigenvalue weighted by Crippen LogP contribution is 2.41. The van der Waals surface area contributed by atoms with E-state index in [1.165, 1.54) is 29.7 Å². The molecule has 0 unspecified atom stereocenters. The Morgan fingerprint density at radius 1 is 1.24 bits per heavy atom. The number of hydrogen-bond acceptors (Lipinski definition) is 17. The third-order valence-electron chi connectivity index (χ3n) is 8.40. The summed E-state index contributed by atoms with van der Waals surface area (Å²) in [5.41, 5.74) is 5.15. The predicted octanol–water partition coefficient (Wildman–Crippen LogP) is -1.18. The van der Waals surface area contributed by atoms with Crippen molar-refractivity contribution in [2.75, 3.05) is 31.2 Å². The van der Waals surface area contributed by atoms with E-state index in [4.69, 9.17) is 19.3 Å². The number of aromatic nitrogens is 2. The maximum absolute atomic E-state index is 13.5. The highest BCUT2D eigenvalue weighted by molar-refractivity contribution is 8.00. The number of nitrogen functional groups attached to an aromatic ring is 1. The zero-order valence-electron chi connectivity index (χ0n) is 25.4. The van der Waals surface area contributed by atoms with Gasteiger partial charge in [0, 0.05) is 35.9 Å². The van der Waals surface area contributed by atoms with Crippen molar-refractivity contribution in [3.63, 3.8) is 0 Å². The minimum Gasteiger partial charge on any atom is -0.477 e. The summed E-state index contributed by atoms with van der Waals surface area (Å²) in [6.07, 6.45) is 1.19. The molecule has 4 atom stereocenters. The number of fused-ring (bicyclic) bond motifs is 1. The molecule has 0 saturated carbocycles. The number of aryl methyl sites for hydroxylation is 1. The van der Waals surface area contributed by atoms with Crippen LogP contribution in [0.25, 0.3) is 0 Å². The van der Waals surface area contributed by atoms with Gasteiger partial charge in [-0.15, -0.1) is 11.8 Å². The number of aliphatic hydroxyl groups is 1. The van der Waals surface area contributed by atoms with E-state index >= 15 is 0 Å². The molecule has 4 aliphatic heterocycles. The van der Waals surface area contributed by atoms with E-state index in [9.17, 15) is 44.2 Å². The van der Waals surface area contributed by atoms with Crippen LogP contribution in [0.2, 0.25) is 0 Å². The zero-order chi connectivity index (χ0) is 35.1. The number of β-lactam (4-membered cyclic amide) rings is 1. The van der Waals surface area contributed by atoms with Crippen molar-refractivity contribution in [3.8, 4) is 0 Å². The van der Waals surface area contributed by atoms with Crippen LogP contribution >= 0.6 is 23.3 Å².